The van der Waals surface area contributed by atoms with Gasteiger partial charge in [-0.05, 0) is 6.92 Å². The lowest BCUT2D eigenvalue weighted by Gasteiger charge is -2.17. The van der Waals surface area contributed by atoms with Crippen LogP contribution in [0.25, 0.3) is 0 Å². The van der Waals surface area contributed by atoms with E-state index >= 15 is 0 Å². The summed E-state index contributed by atoms with van der Waals surface area (Å²) < 4.78 is 0. The Bertz CT molecular complexity index is 139. The normalized spacial score (nSPS) is 12.2. The van der Waals surface area contributed by atoms with E-state index in [0.717, 1.165) is 4.90 Å². The molecule has 0 radical (unpaired) electrons. The zero-order valence-corrected chi connectivity index (χ0v) is 5.87. The van der Waals surface area contributed by atoms with E-state index in [-0.39, 0.29) is 0 Å². The van der Waals surface area contributed by atoms with Gasteiger partial charge in [-0.1, -0.05) is 0 Å². The number of hydrogen-bond donors (Lipinski definition) is 2. The highest BCUT2D eigenvalue weighted by atomic mass is 16.4. The average molecular weight is 146 g/mol. The van der Waals surface area contributed by atoms with Gasteiger partial charge in [-0.25, -0.2) is 4.79 Å². The maximum Gasteiger partial charge on any atom is 0.407 e. The van der Waals surface area contributed by atoms with Crippen LogP contribution < -0.4 is 5.73 Å². The molecule has 0 aliphatic heterocycles. The lowest BCUT2D eigenvalue weighted by Crippen LogP contribution is -2.42. The summed E-state index contributed by atoms with van der Waals surface area (Å²) in [5.74, 6) is -0.648. The number of rotatable bonds is 2. The molecule has 2 amide bonds. The molecule has 1 atom stereocenters. The van der Waals surface area contributed by atoms with E-state index in [1.807, 2.05) is 0 Å². The lowest BCUT2D eigenvalue weighted by atomic mass is 10.3. The fourth-order valence-corrected chi connectivity index (χ4v) is 0.357. The third-order valence-electron chi connectivity index (χ3n) is 1.29. The van der Waals surface area contributed by atoms with Crippen molar-refractivity contribution in [2.75, 3.05) is 7.05 Å². The number of primary amides is 1. The molecule has 10 heavy (non-hydrogen) atoms. The van der Waals surface area contributed by atoms with Gasteiger partial charge < -0.3 is 10.8 Å². The maximum atomic E-state index is 10.4. The summed E-state index contributed by atoms with van der Waals surface area (Å²) in [7, 11) is 1.29. The molecule has 0 aromatic heterocycles. The Morgan fingerprint density at radius 2 is 2.00 bits per heavy atom. The van der Waals surface area contributed by atoms with Crippen LogP contribution in [-0.2, 0) is 4.79 Å². The minimum Gasteiger partial charge on any atom is -0.465 e. The first-order chi connectivity index (χ1) is 4.46. The van der Waals surface area contributed by atoms with Gasteiger partial charge in [0.15, 0.2) is 0 Å². The van der Waals surface area contributed by atoms with E-state index in [2.05, 4.69) is 0 Å². The van der Waals surface area contributed by atoms with Crippen LogP contribution in [0.15, 0.2) is 0 Å². The summed E-state index contributed by atoms with van der Waals surface area (Å²) in [5.41, 5.74) is 4.83. The number of carbonyl (C=O) groups excluding carboxylic acids is 1. The van der Waals surface area contributed by atoms with Crippen LogP contribution >= 0.6 is 0 Å². The van der Waals surface area contributed by atoms with Crippen LogP contribution in [-0.4, -0.2) is 35.1 Å². The van der Waals surface area contributed by atoms with Crippen molar-refractivity contribution in [3.63, 3.8) is 0 Å². The van der Waals surface area contributed by atoms with E-state index in [1.165, 1.54) is 14.0 Å². The number of carbonyl (C=O) groups is 2. The second-order valence-corrected chi connectivity index (χ2v) is 1.97. The minimum atomic E-state index is -1.16. The lowest BCUT2D eigenvalue weighted by molar-refractivity contribution is -0.121. The molecule has 0 spiro atoms. The molecule has 0 aliphatic carbocycles. The van der Waals surface area contributed by atoms with E-state index in [4.69, 9.17) is 10.8 Å². The molecule has 58 valence electrons. The Hall–Kier alpha value is -1.26. The first-order valence-corrected chi connectivity index (χ1v) is 2.72. The molecule has 0 rings (SSSR count). The van der Waals surface area contributed by atoms with Gasteiger partial charge in [0.25, 0.3) is 0 Å². The largest absolute Gasteiger partial charge is 0.465 e. The van der Waals surface area contributed by atoms with Gasteiger partial charge in [-0.15, -0.1) is 0 Å². The Morgan fingerprint density at radius 3 is 2.10 bits per heavy atom. The van der Waals surface area contributed by atoms with Crippen molar-refractivity contribution < 1.29 is 14.7 Å². The number of nitrogens with zero attached hydrogens (tertiary/aromatic N) is 1. The predicted molar refractivity (Wildman–Crippen MR) is 34.4 cm³/mol. The molecule has 5 nitrogen and oxygen atoms in total. The molecule has 3 N–H and O–H groups in total. The molecular weight excluding hydrogens is 136 g/mol. The molecular formula is C5H10N2O3. The van der Waals surface area contributed by atoms with Crippen molar-refractivity contribution >= 4 is 12.0 Å². The molecule has 0 fully saturated rings. The number of carboxylic acid groups (broad SMARTS) is 1. The summed E-state index contributed by atoms with van der Waals surface area (Å²) in [6.45, 7) is 1.43. The molecule has 5 heteroatoms. The quantitative estimate of drug-likeness (QED) is 0.549. The fourth-order valence-electron chi connectivity index (χ4n) is 0.357. The smallest absolute Gasteiger partial charge is 0.407 e. The monoisotopic (exact) mass is 146 g/mol. The standard InChI is InChI=1S/C5H10N2O3/c1-3(4(6)8)7(2)5(9)10/h3H,1-2H3,(H2,6,8)(H,9,10). The van der Waals surface area contributed by atoms with Crippen molar-refractivity contribution in [2.45, 2.75) is 13.0 Å². The van der Waals surface area contributed by atoms with E-state index in [1.54, 1.807) is 0 Å². The highest BCUT2D eigenvalue weighted by Gasteiger charge is 2.18. The van der Waals surface area contributed by atoms with Crippen molar-refractivity contribution in [3.8, 4) is 0 Å². The van der Waals surface area contributed by atoms with Crippen LogP contribution in [0.4, 0.5) is 4.79 Å². The fraction of sp³-hybridized carbons (Fsp3) is 0.600. The van der Waals surface area contributed by atoms with E-state index in [0.29, 0.717) is 0 Å². The van der Waals surface area contributed by atoms with Gasteiger partial charge >= 0.3 is 6.09 Å². The van der Waals surface area contributed by atoms with Crippen molar-refractivity contribution in [2.24, 2.45) is 5.73 Å². The van der Waals surface area contributed by atoms with Crippen LogP contribution in [0, 0.1) is 0 Å². The minimum absolute atomic E-state index is 0.648. The van der Waals surface area contributed by atoms with E-state index < -0.39 is 18.0 Å². The van der Waals surface area contributed by atoms with Crippen molar-refractivity contribution in [1.29, 1.82) is 0 Å². The van der Waals surface area contributed by atoms with Crippen LogP contribution in [0.2, 0.25) is 0 Å². The Kier molecular flexibility index (Phi) is 2.66. The molecule has 0 aromatic rings. The summed E-state index contributed by atoms with van der Waals surface area (Å²) in [6.07, 6.45) is -1.16. The van der Waals surface area contributed by atoms with Gasteiger partial charge in [-0.3, -0.25) is 9.69 Å². The van der Waals surface area contributed by atoms with Crippen molar-refractivity contribution in [3.05, 3.63) is 0 Å². The average Bonchev–Trinajstić information content (AvgIpc) is 1.84. The van der Waals surface area contributed by atoms with Gasteiger partial charge in [0.2, 0.25) is 5.91 Å². The van der Waals surface area contributed by atoms with Crippen LogP contribution in [0.1, 0.15) is 6.92 Å². The SMILES string of the molecule is CC(C(N)=O)N(C)C(=O)O. The maximum absolute atomic E-state index is 10.4. The van der Waals surface area contributed by atoms with Gasteiger partial charge in [-0.2, -0.15) is 0 Å². The molecule has 0 bridgehead atoms. The Balaban J connectivity index is 4.07. The second-order valence-electron chi connectivity index (χ2n) is 1.97. The molecule has 0 aromatic carbocycles. The number of nitrogens with two attached hydrogens (primary N) is 1. The predicted octanol–water partition coefficient (Wildman–Crippen LogP) is -0.530. The highest BCUT2D eigenvalue weighted by Crippen LogP contribution is 1.93. The topological polar surface area (TPSA) is 83.6 Å². The Morgan fingerprint density at radius 1 is 1.60 bits per heavy atom. The first kappa shape index (κ1) is 8.74. The molecule has 0 saturated carbocycles. The van der Waals surface area contributed by atoms with Gasteiger partial charge in [0, 0.05) is 7.05 Å². The molecule has 0 saturated heterocycles. The van der Waals surface area contributed by atoms with E-state index in [9.17, 15) is 9.59 Å². The number of likely N-dealkylation sites (N-methyl/N-ethyl adjacent to an activating group) is 1. The Labute approximate surface area is 58.4 Å². The molecule has 1 unspecified atom stereocenters. The molecule has 0 heterocycles. The summed E-state index contributed by atoms with van der Waals surface area (Å²) in [6, 6.07) is -0.766. The molecule has 0 aliphatic rings. The number of hydrogen-bond acceptors (Lipinski definition) is 2. The van der Waals surface area contributed by atoms with Crippen LogP contribution in [0.5, 0.6) is 0 Å². The summed E-state index contributed by atoms with van der Waals surface area (Å²) >= 11 is 0. The first-order valence-electron chi connectivity index (χ1n) is 2.72. The highest BCUT2D eigenvalue weighted by molar-refractivity contribution is 5.83. The van der Waals surface area contributed by atoms with Gasteiger partial charge in [0.1, 0.15) is 6.04 Å². The number of amides is 2. The second kappa shape index (κ2) is 3.05. The third-order valence-corrected chi connectivity index (χ3v) is 1.29. The van der Waals surface area contributed by atoms with Gasteiger partial charge in [0.05, 0.1) is 0 Å². The zero-order chi connectivity index (χ0) is 8.31. The van der Waals surface area contributed by atoms with Crippen molar-refractivity contribution in [1.82, 2.24) is 4.90 Å². The summed E-state index contributed by atoms with van der Waals surface area (Å²) in [4.78, 5) is 21.4. The summed E-state index contributed by atoms with van der Waals surface area (Å²) in [5, 5.41) is 8.32. The third kappa shape index (κ3) is 1.93. The van der Waals surface area contributed by atoms with Crippen LogP contribution in [0.3, 0.4) is 0 Å². The zero-order valence-electron chi connectivity index (χ0n) is 5.87.